The van der Waals surface area contributed by atoms with Gasteiger partial charge in [-0.1, -0.05) is 48.5 Å². The molecule has 1 aliphatic rings. The average molecular weight is 412 g/mol. The topological polar surface area (TPSA) is 72.3 Å². The zero-order valence-electron chi connectivity index (χ0n) is 17.4. The van der Waals surface area contributed by atoms with Gasteiger partial charge in [-0.25, -0.2) is 4.98 Å². The van der Waals surface area contributed by atoms with Crippen molar-refractivity contribution in [1.82, 2.24) is 9.88 Å². The van der Waals surface area contributed by atoms with E-state index in [1.54, 1.807) is 12.3 Å². The molecule has 4 rings (SSSR count). The molecule has 0 bridgehead atoms. The van der Waals surface area contributed by atoms with Crippen molar-refractivity contribution in [2.45, 2.75) is 6.42 Å². The van der Waals surface area contributed by atoms with Crippen LogP contribution in [0.5, 0.6) is 0 Å². The number of hydrogen-bond acceptors (Lipinski definition) is 5. The summed E-state index contributed by atoms with van der Waals surface area (Å²) in [6.45, 7) is 4.12. The quantitative estimate of drug-likeness (QED) is 0.668. The van der Waals surface area contributed by atoms with E-state index in [0.29, 0.717) is 12.0 Å². The van der Waals surface area contributed by atoms with E-state index in [9.17, 15) is 4.79 Å². The van der Waals surface area contributed by atoms with E-state index in [0.717, 1.165) is 55.4 Å². The number of aromatic nitrogens is 1. The first-order valence-corrected chi connectivity index (χ1v) is 10.5. The van der Waals surface area contributed by atoms with E-state index in [1.807, 2.05) is 60.7 Å². The molecular weight excluding hydrogens is 386 g/mol. The predicted octanol–water partition coefficient (Wildman–Crippen LogP) is 3.77. The van der Waals surface area contributed by atoms with Crippen LogP contribution in [0.1, 0.15) is 12.0 Å². The van der Waals surface area contributed by atoms with Crippen molar-refractivity contribution < 1.29 is 4.79 Å². The molecule has 2 aromatic carbocycles. The molecule has 0 radical (unpaired) electrons. The Hall–Kier alpha value is -3.69. The SMILES string of the molecule is N#Cc1ccnc(N2CCN(CCC(=O)Nc3ccccc3-c3ccccc3)CC2)c1. The minimum atomic E-state index is 0.0224. The maximum Gasteiger partial charge on any atom is 0.225 e. The maximum atomic E-state index is 12.6. The molecule has 1 N–H and O–H groups in total. The van der Waals surface area contributed by atoms with E-state index < -0.39 is 0 Å². The Morgan fingerprint density at radius 2 is 1.74 bits per heavy atom. The molecule has 1 aromatic heterocycles. The van der Waals surface area contributed by atoms with E-state index >= 15 is 0 Å². The van der Waals surface area contributed by atoms with Crippen LogP contribution in [-0.2, 0) is 4.79 Å². The Balaban J connectivity index is 1.28. The van der Waals surface area contributed by atoms with Crippen LogP contribution in [0.4, 0.5) is 11.5 Å². The van der Waals surface area contributed by atoms with Gasteiger partial charge >= 0.3 is 0 Å². The number of hydrogen-bond donors (Lipinski definition) is 1. The van der Waals surface area contributed by atoms with Crippen molar-refractivity contribution in [3.05, 3.63) is 78.5 Å². The van der Waals surface area contributed by atoms with E-state index in [2.05, 4.69) is 26.2 Å². The van der Waals surface area contributed by atoms with Crippen molar-refractivity contribution >= 4 is 17.4 Å². The summed E-state index contributed by atoms with van der Waals surface area (Å²) in [4.78, 5) is 21.5. The summed E-state index contributed by atoms with van der Waals surface area (Å²) < 4.78 is 0. The van der Waals surface area contributed by atoms with Crippen LogP contribution in [0.2, 0.25) is 0 Å². The highest BCUT2D eigenvalue weighted by Crippen LogP contribution is 2.27. The highest BCUT2D eigenvalue weighted by molar-refractivity contribution is 5.95. The van der Waals surface area contributed by atoms with Gasteiger partial charge < -0.3 is 10.2 Å². The molecule has 0 spiro atoms. The Bertz CT molecular complexity index is 1070. The van der Waals surface area contributed by atoms with Crippen molar-refractivity contribution in [1.29, 1.82) is 5.26 Å². The molecule has 0 atom stereocenters. The molecular formula is C25H25N5O. The van der Waals surface area contributed by atoms with E-state index in [4.69, 9.17) is 5.26 Å². The first-order valence-electron chi connectivity index (χ1n) is 10.5. The number of carbonyl (C=O) groups is 1. The molecule has 6 heteroatoms. The largest absolute Gasteiger partial charge is 0.354 e. The average Bonchev–Trinajstić information content (AvgIpc) is 2.84. The molecule has 2 heterocycles. The molecule has 0 unspecified atom stereocenters. The lowest BCUT2D eigenvalue weighted by molar-refractivity contribution is -0.116. The first kappa shape index (κ1) is 20.6. The van der Waals surface area contributed by atoms with Crippen LogP contribution in [0, 0.1) is 11.3 Å². The third-order valence-electron chi connectivity index (χ3n) is 5.51. The molecule has 1 fully saturated rings. The minimum absolute atomic E-state index is 0.0224. The molecule has 31 heavy (non-hydrogen) atoms. The lowest BCUT2D eigenvalue weighted by atomic mass is 10.0. The predicted molar refractivity (Wildman–Crippen MR) is 123 cm³/mol. The van der Waals surface area contributed by atoms with Crippen LogP contribution in [0.25, 0.3) is 11.1 Å². The van der Waals surface area contributed by atoms with E-state index in [1.165, 1.54) is 0 Å². The Kier molecular flexibility index (Phi) is 6.56. The van der Waals surface area contributed by atoms with Crippen LogP contribution in [0.3, 0.4) is 0 Å². The van der Waals surface area contributed by atoms with Gasteiger partial charge in [0.2, 0.25) is 5.91 Å². The third-order valence-corrected chi connectivity index (χ3v) is 5.51. The van der Waals surface area contributed by atoms with Crippen molar-refractivity contribution in [3.63, 3.8) is 0 Å². The van der Waals surface area contributed by atoms with Crippen molar-refractivity contribution in [2.24, 2.45) is 0 Å². The van der Waals surface area contributed by atoms with Crippen molar-refractivity contribution in [3.8, 4) is 17.2 Å². The maximum absolute atomic E-state index is 12.6. The second-order valence-electron chi connectivity index (χ2n) is 7.55. The fourth-order valence-electron chi connectivity index (χ4n) is 3.80. The Labute approximate surface area is 182 Å². The van der Waals surface area contributed by atoms with Gasteiger partial charge in [0, 0.05) is 56.6 Å². The molecule has 1 aliphatic heterocycles. The molecule has 156 valence electrons. The lowest BCUT2D eigenvalue weighted by Crippen LogP contribution is -2.47. The number of piperazine rings is 1. The second kappa shape index (κ2) is 9.88. The van der Waals surface area contributed by atoms with Crippen LogP contribution in [0.15, 0.2) is 72.9 Å². The summed E-state index contributed by atoms with van der Waals surface area (Å²) in [5.74, 6) is 0.864. The van der Waals surface area contributed by atoms with Crippen LogP contribution >= 0.6 is 0 Å². The molecule has 1 saturated heterocycles. The minimum Gasteiger partial charge on any atom is -0.354 e. The number of carbonyl (C=O) groups excluding carboxylic acids is 1. The summed E-state index contributed by atoms with van der Waals surface area (Å²) in [6, 6.07) is 23.7. The number of benzene rings is 2. The number of nitriles is 1. The molecule has 0 aliphatic carbocycles. The highest BCUT2D eigenvalue weighted by atomic mass is 16.1. The molecule has 0 saturated carbocycles. The number of anilines is 2. The summed E-state index contributed by atoms with van der Waals surface area (Å²) >= 11 is 0. The summed E-state index contributed by atoms with van der Waals surface area (Å²) in [6.07, 6.45) is 2.13. The summed E-state index contributed by atoms with van der Waals surface area (Å²) in [5, 5.41) is 12.1. The standard InChI is InChI=1S/C25H25N5O/c26-19-20-10-12-27-24(18-20)30-16-14-29(15-17-30)13-11-25(31)28-23-9-5-4-8-22(23)21-6-2-1-3-7-21/h1-10,12,18H,11,13-17H2,(H,28,31). The normalized spacial score (nSPS) is 14.1. The smallest absolute Gasteiger partial charge is 0.225 e. The third kappa shape index (κ3) is 5.27. The van der Waals surface area contributed by atoms with Crippen LogP contribution < -0.4 is 10.2 Å². The fourth-order valence-corrected chi connectivity index (χ4v) is 3.80. The highest BCUT2D eigenvalue weighted by Gasteiger charge is 2.19. The molecule has 1 amide bonds. The van der Waals surface area contributed by atoms with Gasteiger partial charge in [-0.2, -0.15) is 5.26 Å². The van der Waals surface area contributed by atoms with Gasteiger partial charge in [0.1, 0.15) is 5.82 Å². The van der Waals surface area contributed by atoms with Crippen LogP contribution in [-0.4, -0.2) is 48.5 Å². The number of para-hydroxylation sites is 1. The lowest BCUT2D eigenvalue weighted by Gasteiger charge is -2.35. The fraction of sp³-hybridized carbons (Fsp3) is 0.240. The van der Waals surface area contributed by atoms with Gasteiger partial charge in [-0.3, -0.25) is 9.69 Å². The number of amides is 1. The summed E-state index contributed by atoms with van der Waals surface area (Å²) in [7, 11) is 0. The zero-order valence-corrected chi connectivity index (χ0v) is 17.4. The van der Waals surface area contributed by atoms with E-state index in [-0.39, 0.29) is 5.91 Å². The van der Waals surface area contributed by atoms with Gasteiger partial charge in [0.15, 0.2) is 0 Å². The zero-order chi connectivity index (χ0) is 21.5. The first-order chi connectivity index (χ1) is 15.2. The number of nitrogens with one attached hydrogen (secondary N) is 1. The van der Waals surface area contributed by atoms with Crippen molar-refractivity contribution in [2.75, 3.05) is 42.9 Å². The van der Waals surface area contributed by atoms with Gasteiger partial charge in [0.05, 0.1) is 11.6 Å². The Morgan fingerprint density at radius 1 is 1.00 bits per heavy atom. The second-order valence-corrected chi connectivity index (χ2v) is 7.55. The number of pyridine rings is 1. The van der Waals surface area contributed by atoms with Gasteiger partial charge in [0.25, 0.3) is 0 Å². The number of rotatable bonds is 6. The number of nitrogens with zero attached hydrogens (tertiary/aromatic N) is 4. The summed E-state index contributed by atoms with van der Waals surface area (Å²) in [5.41, 5.74) is 3.58. The Morgan fingerprint density at radius 3 is 2.52 bits per heavy atom. The molecule has 6 nitrogen and oxygen atoms in total. The van der Waals surface area contributed by atoms with Gasteiger partial charge in [-0.15, -0.1) is 0 Å². The van der Waals surface area contributed by atoms with Gasteiger partial charge in [-0.05, 0) is 23.8 Å². The molecule has 3 aromatic rings. The monoisotopic (exact) mass is 411 g/mol.